The average molecular weight is 468 g/mol. The number of carbonyl (C=O) groups is 1. The lowest BCUT2D eigenvalue weighted by Crippen LogP contribution is -2.30. The largest absolute Gasteiger partial charge is 0.573 e. The van der Waals surface area contributed by atoms with Gasteiger partial charge in [0.1, 0.15) is 11.5 Å². The van der Waals surface area contributed by atoms with Gasteiger partial charge in [-0.15, -0.1) is 13.2 Å². The van der Waals surface area contributed by atoms with E-state index in [-0.39, 0.29) is 11.5 Å². The third kappa shape index (κ3) is 4.80. The molecular weight excluding hydrogens is 451 g/mol. The van der Waals surface area contributed by atoms with E-state index in [0.717, 1.165) is 18.6 Å². The molecule has 168 valence electrons. The zero-order valence-corrected chi connectivity index (χ0v) is 17.5. The molecule has 11 heteroatoms. The van der Waals surface area contributed by atoms with E-state index < -0.39 is 24.1 Å². The fraction of sp³-hybridized carbons (Fsp3) is 0.286. The highest BCUT2D eigenvalue weighted by atomic mass is 35.5. The number of oxazole rings is 1. The number of hydrogen-bond acceptors (Lipinski definition) is 6. The van der Waals surface area contributed by atoms with Crippen LogP contribution in [0.4, 0.5) is 13.2 Å². The van der Waals surface area contributed by atoms with Crippen LogP contribution in [0.5, 0.6) is 11.6 Å². The molecule has 3 aromatic rings. The molecule has 1 atom stereocenters. The number of hydrogen-bond donors (Lipinski definition) is 1. The van der Waals surface area contributed by atoms with Crippen LogP contribution in [0, 0.1) is 0 Å². The summed E-state index contributed by atoms with van der Waals surface area (Å²) in [5.74, 6) is 0.0534. The van der Waals surface area contributed by atoms with Crippen molar-refractivity contribution in [2.45, 2.75) is 31.7 Å². The summed E-state index contributed by atoms with van der Waals surface area (Å²) in [6.07, 6.45) is -1.44. The quantitative estimate of drug-likeness (QED) is 0.561. The first-order valence-corrected chi connectivity index (χ1v) is 9.97. The van der Waals surface area contributed by atoms with Gasteiger partial charge in [0.05, 0.1) is 35.6 Å². The number of amides is 1. The SMILES string of the molecule is COc1cc(-c2nc3c(o2)[C@H](NC(=O)c2cccc(OC(F)(F)F)c2)CCC3)c(Cl)cn1. The maximum atomic E-state index is 12.7. The molecule has 1 aromatic carbocycles. The normalized spacial score (nSPS) is 15.7. The number of pyridine rings is 1. The lowest BCUT2D eigenvalue weighted by Gasteiger charge is -2.21. The third-order valence-corrected chi connectivity index (χ3v) is 5.16. The van der Waals surface area contributed by atoms with Gasteiger partial charge in [0.2, 0.25) is 11.8 Å². The number of methoxy groups -OCH3 is 1. The molecule has 4 rings (SSSR count). The second-order valence-electron chi connectivity index (χ2n) is 7.03. The molecule has 0 bridgehead atoms. The topological polar surface area (TPSA) is 86.5 Å². The minimum absolute atomic E-state index is 0.0283. The van der Waals surface area contributed by atoms with Crippen LogP contribution >= 0.6 is 11.6 Å². The number of carbonyl (C=O) groups excluding carboxylic acids is 1. The van der Waals surface area contributed by atoms with Crippen LogP contribution in [-0.4, -0.2) is 29.3 Å². The van der Waals surface area contributed by atoms with E-state index in [1.54, 1.807) is 6.07 Å². The van der Waals surface area contributed by atoms with Gasteiger partial charge in [-0.25, -0.2) is 9.97 Å². The lowest BCUT2D eigenvalue weighted by atomic mass is 9.96. The molecule has 2 heterocycles. The Labute approximate surface area is 185 Å². The lowest BCUT2D eigenvalue weighted by molar-refractivity contribution is -0.274. The van der Waals surface area contributed by atoms with E-state index in [4.69, 9.17) is 20.8 Å². The number of alkyl halides is 3. The first-order valence-electron chi connectivity index (χ1n) is 9.59. The van der Waals surface area contributed by atoms with Gasteiger partial charge in [0, 0.05) is 11.6 Å². The Balaban J connectivity index is 1.57. The van der Waals surface area contributed by atoms with Gasteiger partial charge in [0.15, 0.2) is 0 Å². The Hall–Kier alpha value is -3.27. The molecule has 1 amide bonds. The highest BCUT2D eigenvalue weighted by Crippen LogP contribution is 2.36. The second-order valence-corrected chi connectivity index (χ2v) is 7.44. The van der Waals surface area contributed by atoms with E-state index in [1.165, 1.54) is 25.4 Å². The smallest absolute Gasteiger partial charge is 0.481 e. The first-order chi connectivity index (χ1) is 15.2. The van der Waals surface area contributed by atoms with Gasteiger partial charge in [-0.2, -0.15) is 0 Å². The number of nitrogens with one attached hydrogen (secondary N) is 1. The van der Waals surface area contributed by atoms with Gasteiger partial charge in [-0.05, 0) is 37.5 Å². The summed E-state index contributed by atoms with van der Waals surface area (Å²) < 4.78 is 52.4. The number of aromatic nitrogens is 2. The molecule has 0 saturated carbocycles. The minimum atomic E-state index is -4.85. The summed E-state index contributed by atoms with van der Waals surface area (Å²) in [4.78, 5) is 21.2. The monoisotopic (exact) mass is 467 g/mol. The standard InChI is InChI=1S/C21H17ClF3N3O4/c1-30-17-9-13(14(22)10-26-17)20-28-16-7-3-6-15(18(16)31-20)27-19(29)11-4-2-5-12(8-11)32-21(23,24)25/h2,4-5,8-10,15H,3,6-7H2,1H3,(H,27,29)/t15-/m1/s1. The molecule has 1 aliphatic carbocycles. The van der Waals surface area contributed by atoms with Crippen molar-refractivity contribution in [3.63, 3.8) is 0 Å². The Morgan fingerprint density at radius 3 is 2.88 bits per heavy atom. The molecule has 0 unspecified atom stereocenters. The zero-order valence-electron chi connectivity index (χ0n) is 16.7. The highest BCUT2D eigenvalue weighted by molar-refractivity contribution is 6.33. The van der Waals surface area contributed by atoms with E-state index in [0.29, 0.717) is 40.8 Å². The van der Waals surface area contributed by atoms with Crippen molar-refractivity contribution in [1.29, 1.82) is 0 Å². The maximum Gasteiger partial charge on any atom is 0.573 e. The van der Waals surface area contributed by atoms with Gasteiger partial charge >= 0.3 is 6.36 Å². The number of ether oxygens (including phenoxy) is 2. The van der Waals surface area contributed by atoms with Crippen molar-refractivity contribution >= 4 is 17.5 Å². The number of aryl methyl sites for hydroxylation is 1. The summed E-state index contributed by atoms with van der Waals surface area (Å²) in [6.45, 7) is 0. The highest BCUT2D eigenvalue weighted by Gasteiger charge is 2.32. The molecular formula is C21H17ClF3N3O4. The summed E-state index contributed by atoms with van der Waals surface area (Å²) in [7, 11) is 1.47. The van der Waals surface area contributed by atoms with Crippen molar-refractivity contribution in [3.05, 3.63) is 58.6 Å². The Morgan fingerprint density at radius 2 is 2.12 bits per heavy atom. The Kier molecular flexibility index (Phi) is 5.96. The van der Waals surface area contributed by atoms with E-state index in [1.807, 2.05) is 0 Å². The maximum absolute atomic E-state index is 12.7. The van der Waals surface area contributed by atoms with Crippen LogP contribution in [0.2, 0.25) is 5.02 Å². The van der Waals surface area contributed by atoms with Crippen molar-refractivity contribution in [1.82, 2.24) is 15.3 Å². The Bertz CT molecular complexity index is 1150. The number of fused-ring (bicyclic) bond motifs is 1. The molecule has 0 spiro atoms. The molecule has 2 aromatic heterocycles. The van der Waals surface area contributed by atoms with Gasteiger partial charge < -0.3 is 19.2 Å². The summed E-state index contributed by atoms with van der Waals surface area (Å²) in [5.41, 5.74) is 1.20. The van der Waals surface area contributed by atoms with Crippen LogP contribution in [-0.2, 0) is 6.42 Å². The van der Waals surface area contributed by atoms with Crippen LogP contribution < -0.4 is 14.8 Å². The minimum Gasteiger partial charge on any atom is -0.481 e. The van der Waals surface area contributed by atoms with E-state index in [2.05, 4.69) is 20.0 Å². The predicted octanol–water partition coefficient (Wildman–Crippen LogP) is 5.10. The van der Waals surface area contributed by atoms with Crippen molar-refractivity contribution < 1.29 is 31.9 Å². The predicted molar refractivity (Wildman–Crippen MR) is 108 cm³/mol. The molecule has 0 saturated heterocycles. The fourth-order valence-corrected chi connectivity index (χ4v) is 3.63. The van der Waals surface area contributed by atoms with Crippen molar-refractivity contribution in [2.24, 2.45) is 0 Å². The average Bonchev–Trinajstić information content (AvgIpc) is 3.18. The molecule has 0 radical (unpaired) electrons. The fourth-order valence-electron chi connectivity index (χ4n) is 3.44. The molecule has 1 N–H and O–H groups in total. The third-order valence-electron chi connectivity index (χ3n) is 4.86. The van der Waals surface area contributed by atoms with Gasteiger partial charge in [-0.3, -0.25) is 4.79 Å². The summed E-state index contributed by atoms with van der Waals surface area (Å²) in [6, 6.07) is 5.96. The van der Waals surface area contributed by atoms with Crippen LogP contribution in [0.3, 0.4) is 0 Å². The molecule has 1 aliphatic rings. The van der Waals surface area contributed by atoms with Crippen LogP contribution in [0.25, 0.3) is 11.5 Å². The van der Waals surface area contributed by atoms with Crippen molar-refractivity contribution in [2.75, 3.05) is 7.11 Å². The Morgan fingerprint density at radius 1 is 1.31 bits per heavy atom. The molecule has 7 nitrogen and oxygen atoms in total. The zero-order chi connectivity index (χ0) is 22.9. The molecule has 32 heavy (non-hydrogen) atoms. The van der Waals surface area contributed by atoms with E-state index >= 15 is 0 Å². The van der Waals surface area contributed by atoms with Crippen LogP contribution in [0.1, 0.15) is 40.7 Å². The second kappa shape index (κ2) is 8.70. The van der Waals surface area contributed by atoms with Crippen molar-refractivity contribution in [3.8, 4) is 23.1 Å². The van der Waals surface area contributed by atoms with E-state index in [9.17, 15) is 18.0 Å². The molecule has 0 aliphatic heterocycles. The summed E-state index contributed by atoms with van der Waals surface area (Å²) in [5, 5.41) is 3.13. The first kappa shape index (κ1) is 21.9. The summed E-state index contributed by atoms with van der Waals surface area (Å²) >= 11 is 6.23. The van der Waals surface area contributed by atoms with Gasteiger partial charge in [-0.1, -0.05) is 17.7 Å². The number of halogens is 4. The number of nitrogens with zero attached hydrogens (tertiary/aromatic N) is 2. The van der Waals surface area contributed by atoms with Crippen LogP contribution in [0.15, 0.2) is 40.9 Å². The molecule has 0 fully saturated rings. The van der Waals surface area contributed by atoms with Gasteiger partial charge in [0.25, 0.3) is 5.91 Å². The number of benzene rings is 1. The number of rotatable bonds is 5.